The van der Waals surface area contributed by atoms with Crippen molar-refractivity contribution < 1.29 is 9.18 Å². The van der Waals surface area contributed by atoms with Crippen LogP contribution in [-0.2, 0) is 11.3 Å². The van der Waals surface area contributed by atoms with Crippen LogP contribution >= 0.6 is 11.6 Å². The third-order valence-corrected chi connectivity index (χ3v) is 4.66. The Bertz CT molecular complexity index is 1040. The number of nitrogens with two attached hydrogens (primary N) is 1. The van der Waals surface area contributed by atoms with E-state index in [9.17, 15) is 9.18 Å². The van der Waals surface area contributed by atoms with Gasteiger partial charge in [0.05, 0.1) is 13.1 Å². The summed E-state index contributed by atoms with van der Waals surface area (Å²) in [5.41, 5.74) is 7.69. The van der Waals surface area contributed by atoms with E-state index in [2.05, 4.69) is 5.32 Å². The maximum absolute atomic E-state index is 13.4. The minimum absolute atomic E-state index is 0.0776. The number of halogens is 2. The zero-order valence-corrected chi connectivity index (χ0v) is 15.5. The molecule has 1 aliphatic heterocycles. The summed E-state index contributed by atoms with van der Waals surface area (Å²) < 4.78 is 15.2. The largest absolute Gasteiger partial charge is 0.339 e. The zero-order chi connectivity index (χ0) is 19.7. The summed E-state index contributed by atoms with van der Waals surface area (Å²) in [5.74, 6) is 0.862. The summed E-state index contributed by atoms with van der Waals surface area (Å²) in [6, 6.07) is 13.4. The molecular weight excluding hydrogens is 381 g/mol. The number of carbonyl (C=O) groups excluding carboxylic acids is 1. The highest BCUT2D eigenvalue weighted by atomic mass is 35.5. The summed E-state index contributed by atoms with van der Waals surface area (Å²) >= 11 is 5.97. The van der Waals surface area contributed by atoms with Crippen molar-refractivity contribution in [1.82, 2.24) is 14.5 Å². The minimum Gasteiger partial charge on any atom is -0.339 e. The van der Waals surface area contributed by atoms with Crippen molar-refractivity contribution >= 4 is 35.2 Å². The number of aromatic nitrogens is 2. The number of imidazole rings is 1. The molecule has 0 unspecified atom stereocenters. The SMILES string of the molecule is NCC(=O)N1C=Cn2c(nc(-c3ccc(F)cc3)c2Nc2ccc(Cl)cc2)C1. The van der Waals surface area contributed by atoms with Gasteiger partial charge in [0.2, 0.25) is 5.91 Å². The quantitative estimate of drug-likeness (QED) is 0.701. The van der Waals surface area contributed by atoms with E-state index in [-0.39, 0.29) is 18.3 Å². The van der Waals surface area contributed by atoms with E-state index >= 15 is 0 Å². The molecule has 0 atom stereocenters. The van der Waals surface area contributed by atoms with Crippen LogP contribution in [0.2, 0.25) is 5.02 Å². The number of hydrogen-bond acceptors (Lipinski definition) is 4. The van der Waals surface area contributed by atoms with Crippen molar-refractivity contribution in [3.63, 3.8) is 0 Å². The molecule has 0 spiro atoms. The first-order chi connectivity index (χ1) is 13.5. The summed E-state index contributed by atoms with van der Waals surface area (Å²) in [4.78, 5) is 18.2. The lowest BCUT2D eigenvalue weighted by Gasteiger charge is -2.22. The number of nitrogens with one attached hydrogen (secondary N) is 1. The molecule has 4 rings (SSSR count). The van der Waals surface area contributed by atoms with E-state index in [1.165, 1.54) is 17.0 Å². The van der Waals surface area contributed by atoms with Crippen molar-refractivity contribution in [2.45, 2.75) is 6.54 Å². The van der Waals surface area contributed by atoms with Gasteiger partial charge in [-0.25, -0.2) is 9.37 Å². The Labute approximate surface area is 166 Å². The number of amides is 1. The van der Waals surface area contributed by atoms with E-state index in [0.29, 0.717) is 28.9 Å². The molecule has 0 bridgehead atoms. The Morgan fingerprint density at radius 3 is 2.54 bits per heavy atom. The summed E-state index contributed by atoms with van der Waals surface area (Å²) in [6.45, 7) is 0.217. The number of benzene rings is 2. The second-order valence-electron chi connectivity index (χ2n) is 6.26. The topological polar surface area (TPSA) is 76.2 Å². The second kappa shape index (κ2) is 7.46. The second-order valence-corrected chi connectivity index (χ2v) is 6.69. The van der Waals surface area contributed by atoms with Crippen LogP contribution in [0.25, 0.3) is 17.5 Å². The number of carbonyl (C=O) groups is 1. The number of hydrogen-bond donors (Lipinski definition) is 2. The maximum atomic E-state index is 13.4. The first kappa shape index (κ1) is 18.2. The van der Waals surface area contributed by atoms with Crippen LogP contribution in [0.3, 0.4) is 0 Å². The monoisotopic (exact) mass is 397 g/mol. The molecule has 8 heteroatoms. The van der Waals surface area contributed by atoms with E-state index < -0.39 is 0 Å². The molecule has 3 aromatic rings. The molecular formula is C20H17ClFN5O. The number of anilines is 2. The lowest BCUT2D eigenvalue weighted by molar-refractivity contribution is -0.127. The molecule has 1 aliphatic rings. The van der Waals surface area contributed by atoms with E-state index in [1.54, 1.807) is 36.7 Å². The molecule has 1 amide bonds. The fourth-order valence-corrected chi connectivity index (χ4v) is 3.12. The zero-order valence-electron chi connectivity index (χ0n) is 14.8. The molecule has 2 aromatic carbocycles. The van der Waals surface area contributed by atoms with Crippen molar-refractivity contribution in [2.24, 2.45) is 5.73 Å². The molecule has 6 nitrogen and oxygen atoms in total. The van der Waals surface area contributed by atoms with Crippen LogP contribution < -0.4 is 11.1 Å². The predicted octanol–water partition coefficient (Wildman–Crippen LogP) is 3.82. The van der Waals surface area contributed by atoms with Gasteiger partial charge in [0, 0.05) is 28.7 Å². The number of nitrogens with zero attached hydrogens (tertiary/aromatic N) is 3. The van der Waals surface area contributed by atoms with Gasteiger partial charge >= 0.3 is 0 Å². The van der Waals surface area contributed by atoms with E-state index in [1.807, 2.05) is 16.7 Å². The molecule has 1 aromatic heterocycles. The van der Waals surface area contributed by atoms with Gasteiger partial charge in [-0.3, -0.25) is 9.36 Å². The van der Waals surface area contributed by atoms with Gasteiger partial charge in [-0.15, -0.1) is 0 Å². The molecule has 3 N–H and O–H groups in total. The summed E-state index contributed by atoms with van der Waals surface area (Å²) in [7, 11) is 0. The van der Waals surface area contributed by atoms with Crippen LogP contribution in [0.4, 0.5) is 15.9 Å². The van der Waals surface area contributed by atoms with Crippen molar-refractivity contribution in [2.75, 3.05) is 11.9 Å². The summed E-state index contributed by atoms with van der Waals surface area (Å²) in [5, 5.41) is 3.98. The molecule has 0 radical (unpaired) electrons. The lowest BCUT2D eigenvalue weighted by atomic mass is 10.1. The summed E-state index contributed by atoms with van der Waals surface area (Å²) in [6.07, 6.45) is 3.43. The van der Waals surface area contributed by atoms with Gasteiger partial charge in [0.25, 0.3) is 0 Å². The van der Waals surface area contributed by atoms with Gasteiger partial charge in [0.1, 0.15) is 23.2 Å². The fraction of sp³-hybridized carbons (Fsp3) is 0.100. The van der Waals surface area contributed by atoms with Crippen LogP contribution in [0, 0.1) is 5.82 Å². The van der Waals surface area contributed by atoms with Crippen LogP contribution in [0.15, 0.2) is 54.7 Å². The minimum atomic E-state index is -0.320. The van der Waals surface area contributed by atoms with Crippen LogP contribution in [0.1, 0.15) is 5.82 Å². The molecule has 0 fully saturated rings. The first-order valence-electron chi connectivity index (χ1n) is 8.62. The van der Waals surface area contributed by atoms with Gasteiger partial charge in [-0.05, 0) is 48.5 Å². The molecule has 0 saturated carbocycles. The predicted molar refractivity (Wildman–Crippen MR) is 107 cm³/mol. The van der Waals surface area contributed by atoms with E-state index in [0.717, 1.165) is 11.3 Å². The highest BCUT2D eigenvalue weighted by Gasteiger charge is 2.23. The van der Waals surface area contributed by atoms with Crippen LogP contribution in [0.5, 0.6) is 0 Å². The van der Waals surface area contributed by atoms with Crippen molar-refractivity contribution in [3.05, 3.63) is 71.4 Å². The van der Waals surface area contributed by atoms with Gasteiger partial charge in [-0.2, -0.15) is 0 Å². The molecule has 0 aliphatic carbocycles. The van der Waals surface area contributed by atoms with E-state index in [4.69, 9.17) is 22.3 Å². The van der Waals surface area contributed by atoms with Crippen molar-refractivity contribution in [1.29, 1.82) is 0 Å². The fourth-order valence-electron chi connectivity index (χ4n) is 2.99. The first-order valence-corrected chi connectivity index (χ1v) is 9.00. The average Bonchev–Trinajstić information content (AvgIpc) is 3.07. The Morgan fingerprint density at radius 2 is 1.86 bits per heavy atom. The van der Waals surface area contributed by atoms with Crippen molar-refractivity contribution in [3.8, 4) is 11.3 Å². The smallest absolute Gasteiger partial charge is 0.240 e. The molecule has 0 saturated heterocycles. The highest BCUT2D eigenvalue weighted by molar-refractivity contribution is 6.30. The Balaban J connectivity index is 1.78. The Kier molecular flexibility index (Phi) is 4.85. The lowest BCUT2D eigenvalue weighted by Crippen LogP contribution is -2.33. The van der Waals surface area contributed by atoms with Gasteiger partial charge < -0.3 is 16.0 Å². The van der Waals surface area contributed by atoms with Gasteiger partial charge in [0.15, 0.2) is 0 Å². The third kappa shape index (κ3) is 3.49. The molecule has 142 valence electrons. The van der Waals surface area contributed by atoms with Crippen LogP contribution in [-0.4, -0.2) is 26.9 Å². The normalized spacial score (nSPS) is 12.8. The maximum Gasteiger partial charge on any atom is 0.240 e. The third-order valence-electron chi connectivity index (χ3n) is 4.41. The van der Waals surface area contributed by atoms with Gasteiger partial charge in [-0.1, -0.05) is 11.6 Å². The standard InChI is InChI=1S/C20H17ClFN5O/c21-14-3-7-16(8-4-14)24-20-19(13-1-5-15(22)6-2-13)25-17-12-26(18(28)11-23)9-10-27(17)20/h1-10,24H,11-12,23H2. The average molecular weight is 398 g/mol. The number of fused-ring (bicyclic) bond motifs is 1. The Morgan fingerprint density at radius 1 is 1.14 bits per heavy atom. The molecule has 2 heterocycles. The highest BCUT2D eigenvalue weighted by Crippen LogP contribution is 2.33. The Hall–Kier alpha value is -3.16. The number of rotatable bonds is 4. The molecule has 28 heavy (non-hydrogen) atoms.